The van der Waals surface area contributed by atoms with Crippen molar-refractivity contribution in [3.8, 4) is 0 Å². The van der Waals surface area contributed by atoms with E-state index in [0.717, 1.165) is 0 Å². The minimum absolute atomic E-state index is 2.01. The van der Waals surface area contributed by atoms with E-state index in [1.807, 2.05) is 4.74 Å². The van der Waals surface area contributed by atoms with Crippen molar-refractivity contribution in [1.82, 2.24) is 0 Å². The van der Waals surface area contributed by atoms with Gasteiger partial charge in [-0.25, -0.2) is 19.2 Å². The third-order valence-electron chi connectivity index (χ3n) is 3.61. The van der Waals surface area contributed by atoms with E-state index >= 15 is 0 Å². The van der Waals surface area contributed by atoms with Gasteiger partial charge in [-0.3, -0.25) is 0 Å². The standard InChI is InChI=1S/C8F14O3.C6F10O3/c9-3(10,5(13,14)7(17,18)19)1(23)25-2(24)4(11,12)6(15,16)8(20,21)22;7-3(8,5(11,12)13)1(17)19-2(18)4(9,10)6(14,15)16. The Morgan fingerprint density at radius 3 is 0.568 bits per heavy atom. The summed E-state index contributed by atoms with van der Waals surface area (Å²) in [7, 11) is 0. The van der Waals surface area contributed by atoms with Crippen LogP contribution in [0.3, 0.4) is 0 Å². The van der Waals surface area contributed by atoms with Crippen molar-refractivity contribution < 1.29 is 134 Å². The zero-order valence-electron chi connectivity index (χ0n) is 18.5. The van der Waals surface area contributed by atoms with Gasteiger partial charge in [0, 0.05) is 0 Å². The maximum atomic E-state index is 12.6. The second-order valence-electron chi connectivity index (χ2n) is 6.79. The van der Waals surface area contributed by atoms with Crippen LogP contribution in [-0.2, 0) is 28.7 Å². The Morgan fingerprint density at radius 2 is 0.432 bits per heavy atom. The van der Waals surface area contributed by atoms with Gasteiger partial charge in [0.1, 0.15) is 0 Å². The van der Waals surface area contributed by atoms with E-state index in [2.05, 4.69) is 4.74 Å². The van der Waals surface area contributed by atoms with Crippen LogP contribution in [0.1, 0.15) is 0 Å². The Morgan fingerprint density at radius 1 is 0.273 bits per heavy atom. The fourth-order valence-corrected chi connectivity index (χ4v) is 1.27. The van der Waals surface area contributed by atoms with Gasteiger partial charge in [0.25, 0.3) is 0 Å². The number of carbonyl (C=O) groups excluding carboxylic acids is 4. The number of hydrogen-bond acceptors (Lipinski definition) is 6. The molecule has 44 heavy (non-hydrogen) atoms. The van der Waals surface area contributed by atoms with Gasteiger partial charge < -0.3 is 9.47 Å². The molecule has 0 bridgehead atoms. The summed E-state index contributed by atoms with van der Waals surface area (Å²) in [6, 6.07) is 0. The molecule has 0 rings (SSSR count). The van der Waals surface area contributed by atoms with E-state index in [1.165, 1.54) is 0 Å². The normalized spacial score (nSPS) is 14.7. The summed E-state index contributed by atoms with van der Waals surface area (Å²) in [5.41, 5.74) is 0. The monoisotopic (exact) mass is 720 g/mol. The van der Waals surface area contributed by atoms with Gasteiger partial charge >= 0.3 is 84.1 Å². The van der Waals surface area contributed by atoms with Gasteiger partial charge in [-0.15, -0.1) is 0 Å². The lowest BCUT2D eigenvalue weighted by Crippen LogP contribution is -2.60. The SMILES string of the molecule is O=C(OC(=O)C(F)(F)C(F)(F)C(F)(F)F)C(F)(F)C(F)(F)C(F)(F)F.O=C(OC(=O)C(F)(F)C(F)(F)F)C(F)(F)C(F)(F)F. The zero-order valence-corrected chi connectivity index (χ0v) is 18.5. The van der Waals surface area contributed by atoms with E-state index in [9.17, 15) is 125 Å². The molecule has 260 valence electrons. The molecule has 6 nitrogen and oxygen atoms in total. The number of halogens is 24. The van der Waals surface area contributed by atoms with Crippen molar-refractivity contribution >= 4 is 23.9 Å². The smallest absolute Gasteiger partial charge is 0.384 e. The molecule has 0 radical (unpaired) electrons. The average molecular weight is 720 g/mol. The van der Waals surface area contributed by atoms with Crippen LogP contribution in [0.4, 0.5) is 105 Å². The van der Waals surface area contributed by atoms with Crippen LogP contribution in [-0.4, -0.2) is 84.1 Å². The summed E-state index contributed by atoms with van der Waals surface area (Å²) in [5, 5.41) is 0. The maximum Gasteiger partial charge on any atom is 0.465 e. The Bertz CT molecular complexity index is 1000. The molecule has 0 unspecified atom stereocenters. The summed E-state index contributed by atoms with van der Waals surface area (Å²) in [5.74, 6) is -58.4. The van der Waals surface area contributed by atoms with Crippen LogP contribution < -0.4 is 0 Å². The Labute approximate surface area is 219 Å². The molecular weight excluding hydrogens is 720 g/mol. The number of ether oxygens (including phenoxy) is 2. The molecule has 0 saturated heterocycles. The fourth-order valence-electron chi connectivity index (χ4n) is 1.27. The first-order chi connectivity index (χ1) is 18.6. The van der Waals surface area contributed by atoms with E-state index in [4.69, 9.17) is 0 Å². The average Bonchev–Trinajstić information content (AvgIpc) is 2.75. The van der Waals surface area contributed by atoms with Crippen LogP contribution in [0.5, 0.6) is 0 Å². The highest BCUT2D eigenvalue weighted by Crippen LogP contribution is 2.49. The highest BCUT2D eigenvalue weighted by atomic mass is 19.4. The van der Waals surface area contributed by atoms with E-state index in [1.54, 1.807) is 0 Å². The predicted octanol–water partition coefficient (Wildman–Crippen LogP) is 6.17. The van der Waals surface area contributed by atoms with Crippen molar-refractivity contribution in [3.63, 3.8) is 0 Å². The number of hydrogen-bond donors (Lipinski definition) is 0. The van der Waals surface area contributed by atoms with E-state index in [-0.39, 0.29) is 0 Å². The van der Waals surface area contributed by atoms with Crippen LogP contribution in [0.2, 0.25) is 0 Å². The molecule has 30 heteroatoms. The predicted molar refractivity (Wildman–Crippen MR) is 76.1 cm³/mol. The number of carbonyl (C=O) groups is 4. The summed E-state index contributed by atoms with van der Waals surface area (Å²) >= 11 is 0. The number of esters is 4. The zero-order chi connectivity index (χ0) is 36.7. The molecule has 0 aliphatic heterocycles. The van der Waals surface area contributed by atoms with Gasteiger partial charge in [-0.1, -0.05) is 0 Å². The van der Waals surface area contributed by atoms with E-state index in [0.29, 0.717) is 0 Å². The third kappa shape index (κ3) is 8.00. The number of alkyl halides is 24. The molecule has 0 saturated carbocycles. The lowest BCUT2D eigenvalue weighted by Gasteiger charge is -2.28. The topological polar surface area (TPSA) is 86.7 Å². The van der Waals surface area contributed by atoms with Gasteiger partial charge in [-0.2, -0.15) is 105 Å². The second-order valence-corrected chi connectivity index (χ2v) is 6.79. The molecule has 0 aromatic heterocycles. The summed E-state index contributed by atoms with van der Waals surface area (Å²) in [4.78, 5) is 40.9. The number of rotatable bonds is 6. The Hall–Kier alpha value is -3.40. The molecule has 0 spiro atoms. The molecule has 0 aromatic carbocycles. The Balaban J connectivity index is 0. The molecule has 0 aliphatic carbocycles. The first-order valence-corrected chi connectivity index (χ1v) is 8.67. The van der Waals surface area contributed by atoms with Crippen molar-refractivity contribution in [2.24, 2.45) is 0 Å². The minimum Gasteiger partial charge on any atom is -0.384 e. The van der Waals surface area contributed by atoms with Gasteiger partial charge in [-0.05, 0) is 0 Å². The maximum absolute atomic E-state index is 12.6. The lowest BCUT2D eigenvalue weighted by atomic mass is 10.1. The molecule has 0 atom stereocenters. The highest BCUT2D eigenvalue weighted by molar-refractivity contribution is 5.94. The summed E-state index contributed by atoms with van der Waals surface area (Å²) < 4.78 is 291. The molecule has 0 amide bonds. The van der Waals surface area contributed by atoms with Crippen molar-refractivity contribution in [1.29, 1.82) is 0 Å². The Kier molecular flexibility index (Phi) is 11.5. The van der Waals surface area contributed by atoms with Crippen molar-refractivity contribution in [3.05, 3.63) is 0 Å². The highest BCUT2D eigenvalue weighted by Gasteiger charge is 2.80. The first kappa shape index (κ1) is 42.7. The van der Waals surface area contributed by atoms with Crippen LogP contribution >= 0.6 is 0 Å². The van der Waals surface area contributed by atoms with Crippen LogP contribution in [0.25, 0.3) is 0 Å². The van der Waals surface area contributed by atoms with Crippen molar-refractivity contribution in [2.45, 2.75) is 60.2 Å². The van der Waals surface area contributed by atoms with Crippen LogP contribution in [0.15, 0.2) is 0 Å². The molecule has 0 heterocycles. The lowest BCUT2D eigenvalue weighted by molar-refractivity contribution is -0.354. The van der Waals surface area contributed by atoms with Crippen LogP contribution in [0, 0.1) is 0 Å². The third-order valence-corrected chi connectivity index (χ3v) is 3.61. The minimum atomic E-state index is -7.33. The van der Waals surface area contributed by atoms with Gasteiger partial charge in [0.2, 0.25) is 0 Å². The molecule has 0 fully saturated rings. The fraction of sp³-hybridized carbons (Fsp3) is 0.714. The molecule has 0 aromatic rings. The van der Waals surface area contributed by atoms with Crippen molar-refractivity contribution in [2.75, 3.05) is 0 Å². The van der Waals surface area contributed by atoms with Gasteiger partial charge in [0.15, 0.2) is 0 Å². The largest absolute Gasteiger partial charge is 0.465 e. The first-order valence-electron chi connectivity index (χ1n) is 8.67. The molecule has 0 aliphatic rings. The van der Waals surface area contributed by atoms with Gasteiger partial charge in [0.05, 0.1) is 0 Å². The summed E-state index contributed by atoms with van der Waals surface area (Å²) in [6.45, 7) is 0. The second kappa shape index (κ2) is 11.8. The van der Waals surface area contributed by atoms with E-state index < -0.39 is 84.1 Å². The molecular formula is C14F24O6. The quantitative estimate of drug-likeness (QED) is 0.186. The molecule has 0 N–H and O–H groups in total. The summed E-state index contributed by atoms with van der Waals surface area (Å²) in [6.07, 6.45) is -27.7.